The van der Waals surface area contributed by atoms with Crippen molar-refractivity contribution < 1.29 is 0 Å². The summed E-state index contributed by atoms with van der Waals surface area (Å²) in [6.07, 6.45) is 5.68. The highest BCUT2D eigenvalue weighted by Crippen LogP contribution is 2.47. The van der Waals surface area contributed by atoms with Crippen LogP contribution < -0.4 is 0 Å². The zero-order valence-electron chi connectivity index (χ0n) is 17.8. The van der Waals surface area contributed by atoms with Crippen LogP contribution in [0.25, 0.3) is 28.0 Å². The Balaban J connectivity index is 1.81. The van der Waals surface area contributed by atoms with Crippen molar-refractivity contribution in [3.05, 3.63) is 101 Å². The number of benzene rings is 3. The molecule has 0 N–H and O–H groups in total. The van der Waals surface area contributed by atoms with E-state index in [-0.39, 0.29) is 5.41 Å². The largest absolute Gasteiger partial charge is 0.0949 e. The molecule has 2 aliphatic rings. The number of hydrogen-bond donors (Lipinski definition) is 0. The molecule has 3 aromatic rings. The second kappa shape index (κ2) is 6.32. The fourth-order valence-electron chi connectivity index (χ4n) is 4.88. The topological polar surface area (TPSA) is 0 Å². The Labute approximate surface area is 174 Å². The molecule has 0 fully saturated rings. The molecule has 144 valence electrons. The number of hydrogen-bond acceptors (Lipinski definition) is 0. The third-order valence-electron chi connectivity index (χ3n) is 6.60. The van der Waals surface area contributed by atoms with Gasteiger partial charge in [0, 0.05) is 0 Å². The van der Waals surface area contributed by atoms with Crippen LogP contribution in [0.5, 0.6) is 0 Å². The Kier molecular flexibility index (Phi) is 3.96. The molecule has 0 heterocycles. The van der Waals surface area contributed by atoms with Gasteiger partial charge in [0.05, 0.1) is 0 Å². The van der Waals surface area contributed by atoms with Gasteiger partial charge < -0.3 is 0 Å². The molecule has 3 aromatic carbocycles. The Hall–Kier alpha value is -2.86. The van der Waals surface area contributed by atoms with E-state index in [0.29, 0.717) is 5.92 Å². The Morgan fingerprint density at radius 1 is 0.897 bits per heavy atom. The number of fused-ring (bicyclic) bond motifs is 6. The molecular weight excluding hydrogens is 348 g/mol. The quantitative estimate of drug-likeness (QED) is 0.372. The standard InChI is InChI=1S/C29H28/c1-18-10-13-24-23-15-12-21(29(3,4)5)17-20(23)11-14-26(24)28-25-9-7-6-8-22(25)19(2)16-27(18)28/h6-15,17-18H,2,16H2,1,3-5H3. The van der Waals surface area contributed by atoms with Crippen LogP contribution >= 0.6 is 0 Å². The SMILES string of the molecule is C=C1CC2=C(c3ccccc31)c1ccc3cc(C(C)(C)C)ccc3c1C=CC2C. The zero-order chi connectivity index (χ0) is 20.3. The lowest BCUT2D eigenvalue weighted by molar-refractivity contribution is 0.591. The third-order valence-corrected chi connectivity index (χ3v) is 6.60. The maximum absolute atomic E-state index is 4.39. The molecule has 0 saturated heterocycles. The normalized spacial score (nSPS) is 18.3. The lowest BCUT2D eigenvalue weighted by atomic mass is 9.76. The van der Waals surface area contributed by atoms with Crippen molar-refractivity contribution in [2.24, 2.45) is 5.92 Å². The zero-order valence-corrected chi connectivity index (χ0v) is 17.8. The van der Waals surface area contributed by atoms with Gasteiger partial charge in [-0.25, -0.2) is 0 Å². The molecule has 0 radical (unpaired) electrons. The third kappa shape index (κ3) is 2.82. The van der Waals surface area contributed by atoms with E-state index in [4.69, 9.17) is 0 Å². The van der Waals surface area contributed by atoms with E-state index >= 15 is 0 Å². The summed E-state index contributed by atoms with van der Waals surface area (Å²) < 4.78 is 0. The van der Waals surface area contributed by atoms with E-state index in [2.05, 4.69) is 101 Å². The minimum atomic E-state index is 0.156. The highest BCUT2D eigenvalue weighted by Gasteiger charge is 2.28. The van der Waals surface area contributed by atoms with Crippen LogP contribution in [0.15, 0.2) is 72.8 Å². The molecule has 0 aromatic heterocycles. The number of allylic oxidation sites excluding steroid dienone is 3. The molecular formula is C29H28. The van der Waals surface area contributed by atoms with Crippen LogP contribution in [0.2, 0.25) is 0 Å². The smallest absolute Gasteiger partial charge is 0.00355 e. The maximum Gasteiger partial charge on any atom is -0.00355 e. The van der Waals surface area contributed by atoms with Crippen molar-refractivity contribution in [1.82, 2.24) is 0 Å². The van der Waals surface area contributed by atoms with Crippen molar-refractivity contribution in [2.75, 3.05) is 0 Å². The van der Waals surface area contributed by atoms with Crippen LogP contribution in [0.3, 0.4) is 0 Å². The molecule has 5 rings (SSSR count). The molecule has 0 nitrogen and oxygen atoms in total. The molecule has 0 bridgehead atoms. The molecule has 0 heteroatoms. The van der Waals surface area contributed by atoms with Gasteiger partial charge in [-0.05, 0) is 67.5 Å². The first-order chi connectivity index (χ1) is 13.8. The summed E-state index contributed by atoms with van der Waals surface area (Å²) >= 11 is 0. The molecule has 2 aliphatic carbocycles. The van der Waals surface area contributed by atoms with E-state index in [1.807, 2.05) is 0 Å². The first kappa shape index (κ1) is 18.2. The second-order valence-electron chi connectivity index (χ2n) is 9.59. The highest BCUT2D eigenvalue weighted by molar-refractivity contribution is 6.02. The average molecular weight is 377 g/mol. The molecule has 1 unspecified atom stereocenters. The lowest BCUT2D eigenvalue weighted by Crippen LogP contribution is -2.11. The minimum Gasteiger partial charge on any atom is -0.0949 e. The van der Waals surface area contributed by atoms with E-state index in [1.165, 1.54) is 55.3 Å². The summed E-state index contributed by atoms with van der Waals surface area (Å²) in [6.45, 7) is 13.5. The van der Waals surface area contributed by atoms with Gasteiger partial charge in [-0.2, -0.15) is 0 Å². The molecule has 1 atom stereocenters. The van der Waals surface area contributed by atoms with Crippen molar-refractivity contribution >= 4 is 28.0 Å². The first-order valence-electron chi connectivity index (χ1n) is 10.6. The second-order valence-corrected chi connectivity index (χ2v) is 9.59. The van der Waals surface area contributed by atoms with Crippen LogP contribution in [-0.2, 0) is 5.41 Å². The van der Waals surface area contributed by atoms with E-state index in [0.717, 1.165) is 6.42 Å². The molecule has 0 amide bonds. The van der Waals surface area contributed by atoms with Gasteiger partial charge in [-0.3, -0.25) is 0 Å². The lowest BCUT2D eigenvalue weighted by Gasteiger charge is -2.28. The maximum atomic E-state index is 4.39. The van der Waals surface area contributed by atoms with Crippen molar-refractivity contribution in [3.8, 4) is 0 Å². The van der Waals surface area contributed by atoms with Gasteiger partial charge in [-0.15, -0.1) is 0 Å². The van der Waals surface area contributed by atoms with Gasteiger partial charge in [0.2, 0.25) is 0 Å². The van der Waals surface area contributed by atoms with E-state index in [1.54, 1.807) is 0 Å². The summed E-state index contributed by atoms with van der Waals surface area (Å²) in [5.74, 6) is 0.409. The van der Waals surface area contributed by atoms with Gasteiger partial charge in [0.15, 0.2) is 0 Å². The van der Waals surface area contributed by atoms with Crippen LogP contribution in [-0.4, -0.2) is 0 Å². The molecule has 29 heavy (non-hydrogen) atoms. The van der Waals surface area contributed by atoms with E-state index < -0.39 is 0 Å². The summed E-state index contributed by atoms with van der Waals surface area (Å²) in [7, 11) is 0. The number of rotatable bonds is 0. The minimum absolute atomic E-state index is 0.156. The summed E-state index contributed by atoms with van der Waals surface area (Å²) in [4.78, 5) is 0. The summed E-state index contributed by atoms with van der Waals surface area (Å²) in [5.41, 5.74) is 11.0. The fraction of sp³-hybridized carbons (Fsp3) is 0.241. The Bertz CT molecular complexity index is 1220. The molecule has 0 saturated carbocycles. The average Bonchev–Trinajstić information content (AvgIpc) is 2.84. The van der Waals surface area contributed by atoms with Crippen molar-refractivity contribution in [3.63, 3.8) is 0 Å². The van der Waals surface area contributed by atoms with Gasteiger partial charge >= 0.3 is 0 Å². The Morgan fingerprint density at radius 3 is 2.41 bits per heavy atom. The highest BCUT2D eigenvalue weighted by atomic mass is 14.3. The van der Waals surface area contributed by atoms with Gasteiger partial charge in [0.25, 0.3) is 0 Å². The first-order valence-corrected chi connectivity index (χ1v) is 10.6. The predicted octanol–water partition coefficient (Wildman–Crippen LogP) is 8.02. The van der Waals surface area contributed by atoms with Crippen LogP contribution in [0.1, 0.15) is 61.9 Å². The van der Waals surface area contributed by atoms with Gasteiger partial charge in [-0.1, -0.05) is 107 Å². The summed E-state index contributed by atoms with van der Waals surface area (Å²) in [5, 5.41) is 2.67. The fourth-order valence-corrected chi connectivity index (χ4v) is 4.88. The van der Waals surface area contributed by atoms with Gasteiger partial charge in [0.1, 0.15) is 0 Å². The van der Waals surface area contributed by atoms with Crippen molar-refractivity contribution in [2.45, 2.75) is 39.5 Å². The molecule has 0 spiro atoms. The predicted molar refractivity (Wildman–Crippen MR) is 127 cm³/mol. The van der Waals surface area contributed by atoms with E-state index in [9.17, 15) is 0 Å². The van der Waals surface area contributed by atoms with Crippen molar-refractivity contribution in [1.29, 1.82) is 0 Å². The Morgan fingerprint density at radius 2 is 1.66 bits per heavy atom. The molecule has 0 aliphatic heterocycles. The van der Waals surface area contributed by atoms with Crippen LogP contribution in [0.4, 0.5) is 0 Å². The van der Waals surface area contributed by atoms with Crippen LogP contribution in [0, 0.1) is 5.92 Å². The monoisotopic (exact) mass is 376 g/mol. The summed E-state index contributed by atoms with van der Waals surface area (Å²) in [6, 6.07) is 20.4.